The van der Waals surface area contributed by atoms with Gasteiger partial charge in [-0.3, -0.25) is 0 Å². The monoisotopic (exact) mass is 457 g/mol. The molecule has 0 aliphatic carbocycles. The summed E-state index contributed by atoms with van der Waals surface area (Å²) in [5.41, 5.74) is 2.53. The van der Waals surface area contributed by atoms with Crippen molar-refractivity contribution in [3.05, 3.63) is 71.0 Å². The first-order valence-electron chi connectivity index (χ1n) is 8.10. The standard InChI is InChI=1S/C19H24FN3O.HI/c1-3-21-19(22-12-16-6-4-5-7-17(16)20)23-13-18(24)15-10-8-14(2)9-11-15;/h4-11,18,24H,3,12-13H2,1-2H3,(H2,21,22,23);1H. The molecule has 0 fully saturated rings. The smallest absolute Gasteiger partial charge is 0.191 e. The normalized spacial score (nSPS) is 12.2. The number of halogens is 2. The number of hydrogen-bond donors (Lipinski definition) is 3. The Hall–Kier alpha value is -1.67. The Balaban J connectivity index is 0.00000312. The Kier molecular flexibility index (Phi) is 9.44. The number of aliphatic hydroxyl groups is 1. The average Bonchev–Trinajstić information content (AvgIpc) is 2.59. The van der Waals surface area contributed by atoms with Crippen LogP contribution in [-0.2, 0) is 6.54 Å². The Labute approximate surface area is 165 Å². The van der Waals surface area contributed by atoms with Crippen molar-refractivity contribution in [2.45, 2.75) is 26.5 Å². The Morgan fingerprint density at radius 1 is 1.12 bits per heavy atom. The first-order chi connectivity index (χ1) is 11.6. The molecule has 1 atom stereocenters. The van der Waals surface area contributed by atoms with Crippen LogP contribution in [0.1, 0.15) is 29.7 Å². The molecule has 2 rings (SSSR count). The largest absolute Gasteiger partial charge is 0.387 e. The van der Waals surface area contributed by atoms with E-state index in [1.165, 1.54) is 6.07 Å². The van der Waals surface area contributed by atoms with E-state index < -0.39 is 6.10 Å². The van der Waals surface area contributed by atoms with E-state index in [0.717, 1.165) is 11.1 Å². The summed E-state index contributed by atoms with van der Waals surface area (Å²) >= 11 is 0. The van der Waals surface area contributed by atoms with Gasteiger partial charge in [-0.2, -0.15) is 0 Å². The van der Waals surface area contributed by atoms with Gasteiger partial charge < -0.3 is 15.7 Å². The zero-order chi connectivity index (χ0) is 17.4. The van der Waals surface area contributed by atoms with E-state index in [-0.39, 0.29) is 36.3 Å². The highest BCUT2D eigenvalue weighted by Crippen LogP contribution is 2.12. The highest BCUT2D eigenvalue weighted by molar-refractivity contribution is 14.0. The van der Waals surface area contributed by atoms with Crippen molar-refractivity contribution in [3.63, 3.8) is 0 Å². The molecule has 2 aromatic carbocycles. The molecule has 2 aromatic rings. The van der Waals surface area contributed by atoms with Gasteiger partial charge in [-0.1, -0.05) is 48.0 Å². The summed E-state index contributed by atoms with van der Waals surface area (Å²) in [5.74, 6) is 0.281. The molecule has 136 valence electrons. The molecular weight excluding hydrogens is 432 g/mol. The van der Waals surface area contributed by atoms with E-state index in [1.807, 2.05) is 38.1 Å². The number of nitrogens with zero attached hydrogens (tertiary/aromatic N) is 1. The predicted molar refractivity (Wildman–Crippen MR) is 111 cm³/mol. The van der Waals surface area contributed by atoms with Crippen LogP contribution in [0, 0.1) is 12.7 Å². The molecule has 0 bridgehead atoms. The lowest BCUT2D eigenvalue weighted by molar-refractivity contribution is 0.181. The fourth-order valence-electron chi connectivity index (χ4n) is 2.23. The van der Waals surface area contributed by atoms with Gasteiger partial charge >= 0.3 is 0 Å². The maximum absolute atomic E-state index is 13.6. The fraction of sp³-hybridized carbons (Fsp3) is 0.316. The number of hydrogen-bond acceptors (Lipinski definition) is 2. The van der Waals surface area contributed by atoms with Crippen LogP contribution in [-0.4, -0.2) is 24.2 Å². The molecule has 0 spiro atoms. The molecule has 0 saturated heterocycles. The van der Waals surface area contributed by atoms with Crippen molar-refractivity contribution in [2.24, 2.45) is 4.99 Å². The lowest BCUT2D eigenvalue weighted by Crippen LogP contribution is -2.39. The first kappa shape index (κ1) is 21.4. The molecule has 0 radical (unpaired) electrons. The lowest BCUT2D eigenvalue weighted by Gasteiger charge is -2.16. The molecule has 4 nitrogen and oxygen atoms in total. The van der Waals surface area contributed by atoms with Crippen molar-refractivity contribution < 1.29 is 9.50 Å². The summed E-state index contributed by atoms with van der Waals surface area (Å²) in [7, 11) is 0. The molecule has 1 unspecified atom stereocenters. The van der Waals surface area contributed by atoms with Crippen LogP contribution in [0.15, 0.2) is 53.5 Å². The van der Waals surface area contributed by atoms with Crippen LogP contribution >= 0.6 is 24.0 Å². The van der Waals surface area contributed by atoms with Crippen molar-refractivity contribution in [2.75, 3.05) is 13.1 Å². The number of benzene rings is 2. The Morgan fingerprint density at radius 3 is 2.44 bits per heavy atom. The zero-order valence-electron chi connectivity index (χ0n) is 14.5. The summed E-state index contributed by atoms with van der Waals surface area (Å²) in [6.07, 6.45) is -0.636. The predicted octanol–water partition coefficient (Wildman–Crippen LogP) is 3.54. The van der Waals surface area contributed by atoms with Gasteiger partial charge in [0.15, 0.2) is 5.96 Å². The van der Waals surface area contributed by atoms with Crippen molar-refractivity contribution in [3.8, 4) is 0 Å². The van der Waals surface area contributed by atoms with E-state index >= 15 is 0 Å². The van der Waals surface area contributed by atoms with E-state index in [4.69, 9.17) is 0 Å². The second-order valence-electron chi connectivity index (χ2n) is 5.59. The zero-order valence-corrected chi connectivity index (χ0v) is 16.8. The van der Waals surface area contributed by atoms with E-state index in [9.17, 15) is 9.50 Å². The molecule has 0 aliphatic rings. The van der Waals surface area contributed by atoms with Gasteiger partial charge in [0.1, 0.15) is 5.82 Å². The molecule has 0 saturated carbocycles. The van der Waals surface area contributed by atoms with Gasteiger partial charge in [0.25, 0.3) is 0 Å². The minimum Gasteiger partial charge on any atom is -0.387 e. The van der Waals surface area contributed by atoms with Crippen molar-refractivity contribution in [1.82, 2.24) is 10.6 Å². The number of aliphatic hydroxyl groups excluding tert-OH is 1. The third kappa shape index (κ3) is 6.99. The summed E-state index contributed by atoms with van der Waals surface area (Å²) < 4.78 is 13.6. The second-order valence-corrected chi connectivity index (χ2v) is 5.59. The topological polar surface area (TPSA) is 56.7 Å². The molecule has 0 aromatic heterocycles. The van der Waals surface area contributed by atoms with Crippen LogP contribution in [0.2, 0.25) is 0 Å². The van der Waals surface area contributed by atoms with Gasteiger partial charge in [0, 0.05) is 18.7 Å². The van der Waals surface area contributed by atoms with Crippen LogP contribution < -0.4 is 10.6 Å². The highest BCUT2D eigenvalue weighted by Gasteiger charge is 2.08. The van der Waals surface area contributed by atoms with E-state index in [1.54, 1.807) is 18.2 Å². The average molecular weight is 457 g/mol. The number of aliphatic imine (C=N–C) groups is 1. The van der Waals surface area contributed by atoms with Gasteiger partial charge in [0.2, 0.25) is 0 Å². The molecule has 3 N–H and O–H groups in total. The van der Waals surface area contributed by atoms with E-state index in [0.29, 0.717) is 24.6 Å². The first-order valence-corrected chi connectivity index (χ1v) is 8.10. The third-order valence-electron chi connectivity index (χ3n) is 3.63. The number of rotatable bonds is 6. The number of guanidine groups is 1. The molecule has 0 heterocycles. The molecule has 0 aliphatic heterocycles. The maximum Gasteiger partial charge on any atom is 0.191 e. The quantitative estimate of drug-likeness (QED) is 0.354. The fourth-order valence-corrected chi connectivity index (χ4v) is 2.23. The Bertz CT molecular complexity index is 677. The van der Waals surface area contributed by atoms with Crippen LogP contribution in [0.3, 0.4) is 0 Å². The van der Waals surface area contributed by atoms with E-state index in [2.05, 4.69) is 15.6 Å². The summed E-state index contributed by atoms with van der Waals surface area (Å²) in [6.45, 7) is 5.21. The van der Waals surface area contributed by atoms with Crippen molar-refractivity contribution >= 4 is 29.9 Å². The van der Waals surface area contributed by atoms with Crippen LogP contribution in [0.4, 0.5) is 4.39 Å². The number of aryl methyl sites for hydroxylation is 1. The molecule has 6 heteroatoms. The lowest BCUT2D eigenvalue weighted by atomic mass is 10.1. The summed E-state index contributed by atoms with van der Waals surface area (Å²) in [5, 5.41) is 16.4. The molecule has 0 amide bonds. The summed E-state index contributed by atoms with van der Waals surface area (Å²) in [4.78, 5) is 4.37. The molecule has 25 heavy (non-hydrogen) atoms. The van der Waals surface area contributed by atoms with Gasteiger partial charge in [-0.15, -0.1) is 24.0 Å². The van der Waals surface area contributed by atoms with Gasteiger partial charge in [0.05, 0.1) is 12.6 Å². The third-order valence-corrected chi connectivity index (χ3v) is 3.63. The second kappa shape index (κ2) is 11.0. The van der Waals surface area contributed by atoms with Crippen LogP contribution in [0.25, 0.3) is 0 Å². The maximum atomic E-state index is 13.6. The van der Waals surface area contributed by atoms with Gasteiger partial charge in [-0.05, 0) is 25.5 Å². The number of nitrogens with one attached hydrogen (secondary N) is 2. The van der Waals surface area contributed by atoms with Crippen molar-refractivity contribution in [1.29, 1.82) is 0 Å². The Morgan fingerprint density at radius 2 is 1.80 bits per heavy atom. The minimum atomic E-state index is -0.636. The molecular formula is C19H25FIN3O. The summed E-state index contributed by atoms with van der Waals surface area (Å²) in [6, 6.07) is 14.3. The van der Waals surface area contributed by atoms with Gasteiger partial charge in [-0.25, -0.2) is 9.38 Å². The highest BCUT2D eigenvalue weighted by atomic mass is 127. The SMILES string of the molecule is CCNC(=NCc1ccccc1F)NCC(O)c1ccc(C)cc1.I. The van der Waals surface area contributed by atoms with Crippen LogP contribution in [0.5, 0.6) is 0 Å². The minimum absolute atomic E-state index is 0.